The highest BCUT2D eigenvalue weighted by molar-refractivity contribution is 7.25. The van der Waals surface area contributed by atoms with E-state index in [9.17, 15) is 0 Å². The fourth-order valence-corrected chi connectivity index (χ4v) is 10.1. The van der Waals surface area contributed by atoms with E-state index < -0.39 is 0 Å². The van der Waals surface area contributed by atoms with Crippen LogP contribution >= 0.6 is 11.3 Å². The zero-order valence-corrected chi connectivity index (χ0v) is 35.2. The first kappa shape index (κ1) is 37.8. The number of rotatable bonds is 8. The third-order valence-corrected chi connectivity index (χ3v) is 13.1. The molecule has 0 spiro atoms. The molecule has 0 aliphatic rings. The molecule has 11 aromatic rings. The number of aliphatic imine (C=N–C) groups is 1. The second kappa shape index (κ2) is 16.0. The van der Waals surface area contributed by atoms with Gasteiger partial charge >= 0.3 is 0 Å². The molecule has 11 rings (SSSR count). The number of hydrogen-bond acceptors (Lipinski definition) is 4. The molecule has 4 heterocycles. The van der Waals surface area contributed by atoms with Gasteiger partial charge in [0.05, 0.1) is 34.3 Å². The summed E-state index contributed by atoms with van der Waals surface area (Å²) in [7, 11) is 0. The Hall–Kier alpha value is -8.17. The van der Waals surface area contributed by atoms with Gasteiger partial charge in [0.1, 0.15) is 0 Å². The van der Waals surface area contributed by atoms with Crippen molar-refractivity contribution < 1.29 is 0 Å². The Morgan fingerprint density at radius 2 is 1.02 bits per heavy atom. The highest BCUT2D eigenvalue weighted by atomic mass is 32.1. The molecule has 4 nitrogen and oxygen atoms in total. The van der Waals surface area contributed by atoms with E-state index in [1.54, 1.807) is 0 Å². The molecule has 0 bridgehead atoms. The second-order valence-electron chi connectivity index (χ2n) is 15.5. The topological polar surface area (TPSA) is 43.1 Å². The summed E-state index contributed by atoms with van der Waals surface area (Å²) < 4.78 is 4.94. The number of hydrogen-bond donors (Lipinski definition) is 0. The van der Waals surface area contributed by atoms with Crippen molar-refractivity contribution in [3.05, 3.63) is 206 Å². The molecule has 0 N–H and O–H groups in total. The fourth-order valence-electron chi connectivity index (χ4n) is 9.03. The van der Waals surface area contributed by atoms with Crippen LogP contribution in [0.25, 0.3) is 109 Å². The van der Waals surface area contributed by atoms with Crippen molar-refractivity contribution in [2.45, 2.75) is 6.92 Å². The van der Waals surface area contributed by atoms with Gasteiger partial charge in [0, 0.05) is 65.7 Å². The molecular weight excluding hydrogens is 785 g/mol. The van der Waals surface area contributed by atoms with Crippen molar-refractivity contribution in [3.63, 3.8) is 0 Å². The Bertz CT molecular complexity index is 3640. The van der Waals surface area contributed by atoms with E-state index in [1.807, 2.05) is 61.0 Å². The molecule has 0 saturated carbocycles. The third-order valence-electron chi connectivity index (χ3n) is 11.9. The normalized spacial score (nSPS) is 11.9. The molecule has 0 aliphatic heterocycles. The Morgan fingerprint density at radius 3 is 1.59 bits per heavy atom. The van der Waals surface area contributed by atoms with Gasteiger partial charge in [-0.3, -0.25) is 9.97 Å². The van der Waals surface area contributed by atoms with Gasteiger partial charge in [-0.05, 0) is 119 Å². The minimum absolute atomic E-state index is 0.833. The predicted molar refractivity (Wildman–Crippen MR) is 267 cm³/mol. The van der Waals surface area contributed by atoms with Crippen LogP contribution in [0, 0.1) is 12.3 Å². The van der Waals surface area contributed by atoms with Crippen molar-refractivity contribution in [2.24, 2.45) is 4.99 Å². The van der Waals surface area contributed by atoms with E-state index in [-0.39, 0.29) is 0 Å². The highest BCUT2D eigenvalue weighted by Crippen LogP contribution is 2.43. The highest BCUT2D eigenvalue weighted by Gasteiger charge is 2.19. The van der Waals surface area contributed by atoms with Gasteiger partial charge in [0.2, 0.25) is 0 Å². The van der Waals surface area contributed by atoms with Gasteiger partial charge < -0.3 is 4.57 Å². The molecule has 0 radical (unpaired) electrons. The summed E-state index contributed by atoms with van der Waals surface area (Å²) in [5, 5.41) is 4.80. The van der Waals surface area contributed by atoms with E-state index in [4.69, 9.17) is 16.4 Å². The maximum Gasteiger partial charge on any atom is 0.0771 e. The van der Waals surface area contributed by atoms with E-state index >= 15 is 0 Å². The van der Waals surface area contributed by atoms with Crippen LogP contribution in [0.3, 0.4) is 0 Å². The van der Waals surface area contributed by atoms with Crippen LogP contribution in [-0.4, -0.2) is 20.7 Å². The van der Waals surface area contributed by atoms with Gasteiger partial charge in [0.25, 0.3) is 0 Å². The molecule has 0 aliphatic carbocycles. The van der Waals surface area contributed by atoms with Crippen molar-refractivity contribution in [2.75, 3.05) is 0 Å². The number of pyridine rings is 2. The molecule has 0 saturated heterocycles. The third kappa shape index (κ3) is 6.71. The second-order valence-corrected chi connectivity index (χ2v) is 16.5. The van der Waals surface area contributed by atoms with E-state index in [2.05, 4.69) is 173 Å². The minimum Gasteiger partial charge on any atom is -0.309 e. The maximum atomic E-state index is 5.59. The van der Waals surface area contributed by atoms with E-state index in [0.29, 0.717) is 0 Å². The van der Waals surface area contributed by atoms with Gasteiger partial charge in [-0.15, -0.1) is 17.8 Å². The van der Waals surface area contributed by atoms with Crippen LogP contribution in [0.5, 0.6) is 0 Å². The summed E-state index contributed by atoms with van der Waals surface area (Å²) in [6.07, 6.45) is 12.8. The Morgan fingerprint density at radius 1 is 0.524 bits per heavy atom. The molecule has 0 unspecified atom stereocenters. The summed E-state index contributed by atoms with van der Waals surface area (Å²) in [6.45, 7) is 2.00. The molecule has 296 valence electrons. The standard InChI is InChI=1S/C58H38N4S/c1-3-31-59-52(4-2)45-18-8-5-15-42(45)38-23-27-55-48(34-38)49-35-39(43-16-6-9-19-46(43)53-21-11-13-32-60-53)24-28-56(49)62(55)41-26-30-58-51(37-41)50-36-40(25-29-57(50)63-58)44-17-7-10-20-47(44)54-22-12-14-33-61-54/h1,4-37H,2H3/b52-4-,59-31?. The number of allylic oxidation sites excluding steroid dienone is 1. The van der Waals surface area contributed by atoms with Crippen LogP contribution in [-0.2, 0) is 0 Å². The molecule has 63 heavy (non-hydrogen) atoms. The molecule has 0 atom stereocenters. The largest absolute Gasteiger partial charge is 0.309 e. The zero-order valence-electron chi connectivity index (χ0n) is 34.4. The summed E-state index contributed by atoms with van der Waals surface area (Å²) >= 11 is 1.84. The van der Waals surface area contributed by atoms with Crippen LogP contribution in [0.15, 0.2) is 205 Å². The van der Waals surface area contributed by atoms with Crippen molar-refractivity contribution >= 4 is 65.2 Å². The molecular formula is C58H38N4S. The Kier molecular flexibility index (Phi) is 9.61. The van der Waals surface area contributed by atoms with E-state index in [1.165, 1.54) is 37.5 Å². The number of terminal acetylenes is 1. The van der Waals surface area contributed by atoms with Crippen LogP contribution in [0.1, 0.15) is 12.5 Å². The summed E-state index contributed by atoms with van der Waals surface area (Å²) in [5.74, 6) is 2.55. The average Bonchev–Trinajstić information content (AvgIpc) is 3.89. The van der Waals surface area contributed by atoms with Crippen LogP contribution < -0.4 is 0 Å². The molecule has 0 fully saturated rings. The van der Waals surface area contributed by atoms with Crippen molar-refractivity contribution in [1.29, 1.82) is 0 Å². The van der Waals surface area contributed by atoms with Crippen LogP contribution in [0.4, 0.5) is 0 Å². The SMILES string of the molecule is C#CC=N/C(=C\C)c1ccccc1-c1ccc2c(c1)c1cc(-c3ccccc3-c3ccccn3)ccc1n2-c1ccc2sc3ccc(-c4ccccc4-c4ccccn4)cc3c2c1. The molecule has 5 heteroatoms. The first-order chi connectivity index (χ1) is 31.2. The first-order valence-corrected chi connectivity index (χ1v) is 21.8. The smallest absolute Gasteiger partial charge is 0.0771 e. The lowest BCUT2D eigenvalue weighted by Crippen LogP contribution is -1.94. The van der Waals surface area contributed by atoms with Gasteiger partial charge in [0.15, 0.2) is 0 Å². The van der Waals surface area contributed by atoms with Crippen molar-refractivity contribution in [1.82, 2.24) is 14.5 Å². The fraction of sp³-hybridized carbons (Fsp3) is 0.0172. The quantitative estimate of drug-likeness (QED) is 0.113. The lowest BCUT2D eigenvalue weighted by Gasteiger charge is -2.12. The monoisotopic (exact) mass is 822 g/mol. The van der Waals surface area contributed by atoms with Gasteiger partial charge in [-0.25, -0.2) is 4.99 Å². The van der Waals surface area contributed by atoms with Gasteiger partial charge in [-0.1, -0.05) is 115 Å². The summed E-state index contributed by atoms with van der Waals surface area (Å²) in [6, 6.07) is 65.2. The number of benzene rings is 7. The molecule has 4 aromatic heterocycles. The lowest BCUT2D eigenvalue weighted by molar-refractivity contribution is 1.19. The Balaban J connectivity index is 1.12. The number of thiophene rings is 1. The zero-order chi connectivity index (χ0) is 42.3. The number of aromatic nitrogens is 3. The van der Waals surface area contributed by atoms with Gasteiger partial charge in [-0.2, -0.15) is 0 Å². The number of nitrogens with zero attached hydrogens (tertiary/aromatic N) is 4. The van der Waals surface area contributed by atoms with Crippen molar-refractivity contribution in [3.8, 4) is 73.9 Å². The predicted octanol–water partition coefficient (Wildman–Crippen LogP) is 15.3. The lowest BCUT2D eigenvalue weighted by atomic mass is 9.94. The Labute approximate surface area is 369 Å². The van der Waals surface area contributed by atoms with Crippen LogP contribution in [0.2, 0.25) is 0 Å². The van der Waals surface area contributed by atoms with E-state index in [0.717, 1.165) is 83.5 Å². The summed E-state index contributed by atoms with van der Waals surface area (Å²) in [5.41, 5.74) is 16.1. The summed E-state index contributed by atoms with van der Waals surface area (Å²) in [4.78, 5) is 14.1. The molecule has 7 aromatic carbocycles. The average molecular weight is 823 g/mol. The maximum absolute atomic E-state index is 5.59. The molecule has 0 amide bonds. The number of fused-ring (bicyclic) bond motifs is 6. The minimum atomic E-state index is 0.833. The first-order valence-electron chi connectivity index (χ1n) is 21.0.